The lowest BCUT2D eigenvalue weighted by atomic mass is 10.2. The van der Waals surface area contributed by atoms with Crippen LogP contribution in [0.25, 0.3) is 10.9 Å². The van der Waals surface area contributed by atoms with Gasteiger partial charge in [-0.05, 0) is 32.6 Å². The van der Waals surface area contributed by atoms with Crippen LogP contribution in [-0.2, 0) is 0 Å². The number of carbonyl (C=O) groups is 1. The van der Waals surface area contributed by atoms with Gasteiger partial charge in [-0.3, -0.25) is 4.79 Å². The van der Waals surface area contributed by atoms with Crippen molar-refractivity contribution in [2.45, 2.75) is 32.6 Å². The Hall–Kier alpha value is -1.69. The van der Waals surface area contributed by atoms with Crippen molar-refractivity contribution >= 4 is 34.0 Å². The third kappa shape index (κ3) is 2.26. The van der Waals surface area contributed by atoms with Crippen LogP contribution in [-0.4, -0.2) is 47.0 Å². The molecule has 0 atom stereocenters. The number of rotatable bonds is 2. The third-order valence-electron chi connectivity index (χ3n) is 4.61. The molecule has 0 bridgehead atoms. The zero-order chi connectivity index (χ0) is 15.1. The van der Waals surface area contributed by atoms with E-state index in [4.69, 9.17) is 4.98 Å². The molecule has 4 rings (SSSR count). The summed E-state index contributed by atoms with van der Waals surface area (Å²) in [7, 11) is 0. The van der Waals surface area contributed by atoms with E-state index in [0.29, 0.717) is 5.82 Å². The van der Waals surface area contributed by atoms with E-state index in [1.54, 1.807) is 11.3 Å². The van der Waals surface area contributed by atoms with Crippen LogP contribution in [0, 0.1) is 6.92 Å². The number of hydrogen-bond donors (Lipinski definition) is 0. The van der Waals surface area contributed by atoms with Crippen molar-refractivity contribution < 1.29 is 4.79 Å². The van der Waals surface area contributed by atoms with E-state index in [1.807, 2.05) is 10.3 Å². The van der Waals surface area contributed by atoms with Gasteiger partial charge in [0.15, 0.2) is 0 Å². The van der Waals surface area contributed by atoms with Crippen LogP contribution in [0.15, 0.2) is 5.38 Å². The first-order valence-corrected chi connectivity index (χ1v) is 8.92. The normalized spacial score (nSPS) is 18.6. The van der Waals surface area contributed by atoms with Gasteiger partial charge >= 0.3 is 0 Å². The van der Waals surface area contributed by atoms with E-state index < -0.39 is 0 Å². The summed E-state index contributed by atoms with van der Waals surface area (Å²) in [5, 5.41) is 3.18. The fourth-order valence-corrected chi connectivity index (χ4v) is 4.18. The Morgan fingerprint density at radius 1 is 1.09 bits per heavy atom. The third-order valence-corrected chi connectivity index (χ3v) is 5.51. The van der Waals surface area contributed by atoms with Crippen molar-refractivity contribution in [3.8, 4) is 0 Å². The summed E-state index contributed by atoms with van der Waals surface area (Å²) in [4.78, 5) is 27.3. The molecule has 0 aliphatic carbocycles. The number of thiophene rings is 1. The molecule has 0 aromatic carbocycles. The minimum absolute atomic E-state index is 0.0105. The van der Waals surface area contributed by atoms with Gasteiger partial charge in [-0.25, -0.2) is 9.97 Å². The van der Waals surface area contributed by atoms with E-state index in [9.17, 15) is 4.79 Å². The molecule has 2 aromatic rings. The highest BCUT2D eigenvalue weighted by atomic mass is 32.1. The molecule has 22 heavy (non-hydrogen) atoms. The second-order valence-electron chi connectivity index (χ2n) is 6.12. The fourth-order valence-electron chi connectivity index (χ4n) is 3.41. The summed E-state index contributed by atoms with van der Waals surface area (Å²) < 4.78 is 0. The molecule has 2 aliphatic rings. The Bertz CT molecular complexity index is 714. The Kier molecular flexibility index (Phi) is 3.48. The number of nitrogens with zero attached hydrogens (tertiary/aromatic N) is 4. The minimum Gasteiger partial charge on any atom is -0.356 e. The molecule has 0 spiro atoms. The predicted molar refractivity (Wildman–Crippen MR) is 88.7 cm³/mol. The van der Waals surface area contributed by atoms with Crippen molar-refractivity contribution in [1.29, 1.82) is 0 Å². The largest absolute Gasteiger partial charge is 0.356 e. The summed E-state index contributed by atoms with van der Waals surface area (Å²) in [6, 6.07) is 0. The summed E-state index contributed by atoms with van der Waals surface area (Å²) in [6.07, 6.45) is 4.57. The van der Waals surface area contributed by atoms with Gasteiger partial charge in [0.25, 0.3) is 5.91 Å². The molecule has 0 unspecified atom stereocenters. The van der Waals surface area contributed by atoms with Crippen LogP contribution in [0.1, 0.15) is 41.2 Å². The topological polar surface area (TPSA) is 49.3 Å². The summed E-state index contributed by atoms with van der Waals surface area (Å²) >= 11 is 1.69. The van der Waals surface area contributed by atoms with Gasteiger partial charge in [-0.1, -0.05) is 0 Å². The van der Waals surface area contributed by atoms with Crippen LogP contribution in [0.4, 0.5) is 5.82 Å². The van der Waals surface area contributed by atoms with Gasteiger partial charge in [0.05, 0.1) is 10.9 Å². The van der Waals surface area contributed by atoms with Gasteiger partial charge in [0, 0.05) is 36.4 Å². The number of hydrogen-bond acceptors (Lipinski definition) is 5. The molecule has 2 aliphatic heterocycles. The number of amides is 1. The Morgan fingerprint density at radius 2 is 1.77 bits per heavy atom. The first kappa shape index (κ1) is 13.9. The number of anilines is 1. The van der Waals surface area contributed by atoms with Crippen LogP contribution < -0.4 is 4.90 Å². The monoisotopic (exact) mass is 316 g/mol. The van der Waals surface area contributed by atoms with Crippen molar-refractivity contribution in [3.05, 3.63) is 16.1 Å². The quantitative estimate of drug-likeness (QED) is 0.855. The van der Waals surface area contributed by atoms with Crippen LogP contribution in [0.2, 0.25) is 0 Å². The van der Waals surface area contributed by atoms with Gasteiger partial charge in [-0.15, -0.1) is 11.3 Å². The first-order valence-electron chi connectivity index (χ1n) is 8.04. The second-order valence-corrected chi connectivity index (χ2v) is 7.20. The molecule has 2 aromatic heterocycles. The Balaban J connectivity index is 1.80. The number of aromatic nitrogens is 2. The number of likely N-dealkylation sites (tertiary alicyclic amines) is 1. The van der Waals surface area contributed by atoms with Crippen molar-refractivity contribution in [1.82, 2.24) is 14.9 Å². The van der Waals surface area contributed by atoms with Crippen LogP contribution in [0.3, 0.4) is 0 Å². The molecule has 0 saturated carbocycles. The molecule has 0 radical (unpaired) electrons. The minimum atomic E-state index is -0.0105. The summed E-state index contributed by atoms with van der Waals surface area (Å²) in [5.74, 6) is 1.32. The number of fused-ring (bicyclic) bond motifs is 1. The average molecular weight is 316 g/mol. The lowest BCUT2D eigenvalue weighted by molar-refractivity contribution is 0.0781. The molecular formula is C16H20N4OS. The van der Waals surface area contributed by atoms with Crippen molar-refractivity contribution in [3.63, 3.8) is 0 Å². The standard InChI is InChI=1S/C16H20N4OS/c1-11-13-12(10-22-11)17-14(16(21)20-8-4-5-9-20)18-15(13)19-6-2-3-7-19/h10H,2-9H2,1H3. The second kappa shape index (κ2) is 5.50. The first-order chi connectivity index (χ1) is 10.7. The molecule has 0 N–H and O–H groups in total. The number of aryl methyl sites for hydroxylation is 1. The Morgan fingerprint density at radius 3 is 2.50 bits per heavy atom. The molecular weight excluding hydrogens is 296 g/mol. The van der Waals surface area contributed by atoms with Gasteiger partial charge in [0.2, 0.25) is 5.82 Å². The summed E-state index contributed by atoms with van der Waals surface area (Å²) in [5.41, 5.74) is 0.918. The van der Waals surface area contributed by atoms with Crippen molar-refractivity contribution in [2.24, 2.45) is 0 Å². The zero-order valence-electron chi connectivity index (χ0n) is 12.8. The van der Waals surface area contributed by atoms with Gasteiger partial charge in [-0.2, -0.15) is 0 Å². The predicted octanol–water partition coefficient (Wildman–Crippen LogP) is 2.84. The van der Waals surface area contributed by atoms with Crippen LogP contribution in [0.5, 0.6) is 0 Å². The van der Waals surface area contributed by atoms with Crippen molar-refractivity contribution in [2.75, 3.05) is 31.1 Å². The maximum absolute atomic E-state index is 12.7. The molecule has 5 nitrogen and oxygen atoms in total. The lowest BCUT2D eigenvalue weighted by Crippen LogP contribution is -2.30. The Labute approximate surface area is 134 Å². The summed E-state index contributed by atoms with van der Waals surface area (Å²) in [6.45, 7) is 5.83. The molecule has 2 fully saturated rings. The zero-order valence-corrected chi connectivity index (χ0v) is 13.7. The molecule has 1 amide bonds. The van der Waals surface area contributed by atoms with E-state index in [1.165, 1.54) is 17.7 Å². The lowest BCUT2D eigenvalue weighted by Gasteiger charge is -2.20. The highest BCUT2D eigenvalue weighted by molar-refractivity contribution is 7.11. The molecule has 116 valence electrons. The fraction of sp³-hybridized carbons (Fsp3) is 0.562. The highest BCUT2D eigenvalue weighted by Gasteiger charge is 2.26. The number of carbonyl (C=O) groups excluding carboxylic acids is 1. The van der Waals surface area contributed by atoms with Crippen LogP contribution >= 0.6 is 11.3 Å². The molecule has 2 saturated heterocycles. The maximum atomic E-state index is 12.7. The molecule has 6 heteroatoms. The van der Waals surface area contributed by atoms with E-state index >= 15 is 0 Å². The average Bonchev–Trinajstić information content (AvgIpc) is 3.28. The van der Waals surface area contributed by atoms with E-state index in [2.05, 4.69) is 16.8 Å². The van der Waals surface area contributed by atoms with E-state index in [0.717, 1.165) is 55.7 Å². The smallest absolute Gasteiger partial charge is 0.291 e. The maximum Gasteiger partial charge on any atom is 0.291 e. The van der Waals surface area contributed by atoms with Gasteiger partial charge < -0.3 is 9.80 Å². The molecule has 4 heterocycles. The highest BCUT2D eigenvalue weighted by Crippen LogP contribution is 2.33. The van der Waals surface area contributed by atoms with Gasteiger partial charge in [0.1, 0.15) is 5.82 Å². The SMILES string of the molecule is Cc1scc2nc(C(=O)N3CCCC3)nc(N3CCCC3)c12. The van der Waals surface area contributed by atoms with E-state index in [-0.39, 0.29) is 5.91 Å².